The van der Waals surface area contributed by atoms with E-state index in [2.05, 4.69) is 10.4 Å². The van der Waals surface area contributed by atoms with Crippen molar-refractivity contribution in [2.45, 2.75) is 38.4 Å². The fraction of sp³-hybridized carbons (Fsp3) is 0.375. The van der Waals surface area contributed by atoms with Crippen LogP contribution in [0.2, 0.25) is 0 Å². The lowest BCUT2D eigenvalue weighted by Crippen LogP contribution is -2.35. The molecule has 0 radical (unpaired) electrons. The molecule has 0 unspecified atom stereocenters. The van der Waals surface area contributed by atoms with E-state index >= 15 is 0 Å². The summed E-state index contributed by atoms with van der Waals surface area (Å²) in [6, 6.07) is 7.02. The number of hydrogen-bond donors (Lipinski definition) is 4. The molecule has 3 aromatic rings. The van der Waals surface area contributed by atoms with Crippen LogP contribution < -0.4 is 11.1 Å². The van der Waals surface area contributed by atoms with Gasteiger partial charge in [0, 0.05) is 42.3 Å². The SMILES string of the molecule is NC(=O)c1cc(F)cc2cn(-c3ccc(CNCC4(CO)CCCC4)c(F)c3)nc12.O=C(O)C(F)(F)F. The van der Waals surface area contributed by atoms with Crippen LogP contribution in [0.5, 0.6) is 0 Å². The third-order valence-corrected chi connectivity index (χ3v) is 6.20. The molecule has 0 spiro atoms. The number of nitrogens with zero attached hydrogens (tertiary/aromatic N) is 2. The van der Waals surface area contributed by atoms with Gasteiger partial charge in [-0.25, -0.2) is 18.3 Å². The number of fused-ring (bicyclic) bond motifs is 1. The lowest BCUT2D eigenvalue weighted by Gasteiger charge is -2.26. The quantitative estimate of drug-likeness (QED) is 0.346. The lowest BCUT2D eigenvalue weighted by atomic mass is 9.87. The van der Waals surface area contributed by atoms with E-state index in [-0.39, 0.29) is 23.1 Å². The van der Waals surface area contributed by atoms with Crippen LogP contribution in [0.3, 0.4) is 0 Å². The van der Waals surface area contributed by atoms with Gasteiger partial charge in [-0.1, -0.05) is 18.9 Å². The molecule has 0 bridgehead atoms. The first-order valence-corrected chi connectivity index (χ1v) is 11.2. The summed E-state index contributed by atoms with van der Waals surface area (Å²) in [5, 5.41) is 24.8. The summed E-state index contributed by atoms with van der Waals surface area (Å²) in [7, 11) is 0. The molecular weight excluding hydrogens is 503 g/mol. The Labute approximate surface area is 207 Å². The van der Waals surface area contributed by atoms with E-state index in [1.165, 1.54) is 23.0 Å². The van der Waals surface area contributed by atoms with Gasteiger partial charge in [-0.3, -0.25) is 4.79 Å². The molecule has 1 amide bonds. The van der Waals surface area contributed by atoms with Crippen LogP contribution in [0.15, 0.2) is 36.5 Å². The Morgan fingerprint density at radius 1 is 1.14 bits per heavy atom. The van der Waals surface area contributed by atoms with Crippen molar-refractivity contribution in [3.63, 3.8) is 0 Å². The minimum Gasteiger partial charge on any atom is -0.475 e. The van der Waals surface area contributed by atoms with Gasteiger partial charge < -0.3 is 21.3 Å². The third-order valence-electron chi connectivity index (χ3n) is 6.20. The van der Waals surface area contributed by atoms with E-state index in [0.717, 1.165) is 31.7 Å². The second-order valence-corrected chi connectivity index (χ2v) is 8.88. The number of aliphatic hydroxyl groups excluding tert-OH is 1. The van der Waals surface area contributed by atoms with Crippen molar-refractivity contribution in [2.75, 3.05) is 13.2 Å². The minimum atomic E-state index is -5.08. The summed E-state index contributed by atoms with van der Waals surface area (Å²) < 4.78 is 61.6. The summed E-state index contributed by atoms with van der Waals surface area (Å²) in [4.78, 5) is 20.5. The molecule has 37 heavy (non-hydrogen) atoms. The fourth-order valence-electron chi connectivity index (χ4n) is 4.22. The standard InChI is InChI=1S/C22H24F2N4O2.C2HF3O2/c23-16-7-15-11-28(27-20(15)18(8-16)21(25)30)17-4-3-14(19(24)9-17)10-26-12-22(13-29)5-1-2-6-22;3-2(4,5)1(6)7/h3-4,7-9,11,26,29H,1-2,5-6,10,12-13H2,(H2,25,30);(H,6,7). The number of benzene rings is 2. The third kappa shape index (κ3) is 6.80. The second kappa shape index (κ2) is 11.2. The highest BCUT2D eigenvalue weighted by Crippen LogP contribution is 2.37. The summed E-state index contributed by atoms with van der Waals surface area (Å²) in [6.45, 7) is 1.14. The average Bonchev–Trinajstić information content (AvgIpc) is 3.47. The van der Waals surface area contributed by atoms with Gasteiger partial charge >= 0.3 is 12.1 Å². The smallest absolute Gasteiger partial charge is 0.475 e. The number of halogens is 5. The van der Waals surface area contributed by atoms with Gasteiger partial charge in [-0.2, -0.15) is 18.3 Å². The molecule has 1 fully saturated rings. The van der Waals surface area contributed by atoms with E-state index in [0.29, 0.717) is 29.7 Å². The zero-order chi connectivity index (χ0) is 27.4. The number of aliphatic hydroxyl groups is 1. The molecule has 4 rings (SSSR count). The maximum Gasteiger partial charge on any atom is 0.490 e. The monoisotopic (exact) mass is 528 g/mol. The van der Waals surface area contributed by atoms with Crippen molar-refractivity contribution in [3.05, 3.63) is 59.3 Å². The van der Waals surface area contributed by atoms with Crippen LogP contribution in [0.25, 0.3) is 16.6 Å². The number of aliphatic carboxylic acids is 1. The maximum absolute atomic E-state index is 14.7. The number of hydrogen-bond acceptors (Lipinski definition) is 5. The zero-order valence-electron chi connectivity index (χ0n) is 19.5. The lowest BCUT2D eigenvalue weighted by molar-refractivity contribution is -0.192. The molecule has 1 saturated carbocycles. The first-order chi connectivity index (χ1) is 17.3. The number of rotatable bonds is 7. The van der Waals surface area contributed by atoms with Gasteiger partial charge in [0.2, 0.25) is 0 Å². The fourth-order valence-corrected chi connectivity index (χ4v) is 4.22. The number of aromatic nitrogens is 2. The number of carboxylic acids is 1. The Bertz CT molecular complexity index is 1290. The van der Waals surface area contributed by atoms with E-state index in [9.17, 15) is 31.9 Å². The average molecular weight is 528 g/mol. The molecule has 8 nitrogen and oxygen atoms in total. The first kappa shape index (κ1) is 28.0. The highest BCUT2D eigenvalue weighted by atomic mass is 19.4. The van der Waals surface area contributed by atoms with Gasteiger partial charge in [0.1, 0.15) is 17.2 Å². The zero-order valence-corrected chi connectivity index (χ0v) is 19.5. The van der Waals surface area contributed by atoms with Crippen LogP contribution in [-0.2, 0) is 11.3 Å². The van der Waals surface area contributed by atoms with Gasteiger partial charge in [0.15, 0.2) is 0 Å². The summed E-state index contributed by atoms with van der Waals surface area (Å²) >= 11 is 0. The molecule has 1 aliphatic rings. The van der Waals surface area contributed by atoms with Crippen molar-refractivity contribution < 1.29 is 41.8 Å². The van der Waals surface area contributed by atoms with Crippen LogP contribution in [0, 0.1) is 17.0 Å². The Balaban J connectivity index is 0.000000479. The topological polar surface area (TPSA) is 130 Å². The number of carbonyl (C=O) groups excluding carboxylic acids is 1. The molecule has 1 heterocycles. The molecule has 0 aliphatic heterocycles. The van der Waals surface area contributed by atoms with Crippen molar-refractivity contribution in [2.24, 2.45) is 11.1 Å². The Morgan fingerprint density at radius 2 is 1.78 bits per heavy atom. The van der Waals surface area contributed by atoms with Crippen LogP contribution >= 0.6 is 0 Å². The molecule has 2 aromatic carbocycles. The van der Waals surface area contributed by atoms with E-state index < -0.39 is 29.7 Å². The van der Waals surface area contributed by atoms with Crippen molar-refractivity contribution in [3.8, 4) is 5.69 Å². The summed E-state index contributed by atoms with van der Waals surface area (Å²) in [5.41, 5.74) is 6.42. The number of carboxylic acid groups (broad SMARTS) is 1. The Hall–Kier alpha value is -3.58. The molecule has 200 valence electrons. The number of alkyl halides is 3. The predicted molar refractivity (Wildman–Crippen MR) is 123 cm³/mol. The van der Waals surface area contributed by atoms with Gasteiger partial charge in [-0.15, -0.1) is 0 Å². The number of primary amides is 1. The molecule has 13 heteroatoms. The first-order valence-electron chi connectivity index (χ1n) is 11.2. The van der Waals surface area contributed by atoms with Gasteiger partial charge in [-0.05, 0) is 37.1 Å². The van der Waals surface area contributed by atoms with Gasteiger partial charge in [0.25, 0.3) is 5.91 Å². The van der Waals surface area contributed by atoms with Crippen LogP contribution in [0.1, 0.15) is 41.6 Å². The van der Waals surface area contributed by atoms with Crippen molar-refractivity contribution >= 4 is 22.8 Å². The van der Waals surface area contributed by atoms with Gasteiger partial charge in [0.05, 0.1) is 11.3 Å². The Morgan fingerprint density at radius 3 is 2.32 bits per heavy atom. The Kier molecular flexibility index (Phi) is 8.49. The number of nitrogens with two attached hydrogens (primary N) is 1. The van der Waals surface area contributed by atoms with E-state index in [4.69, 9.17) is 15.6 Å². The molecule has 5 N–H and O–H groups in total. The van der Waals surface area contributed by atoms with Crippen molar-refractivity contribution in [1.29, 1.82) is 0 Å². The van der Waals surface area contributed by atoms with E-state index in [1.807, 2.05) is 0 Å². The minimum absolute atomic E-state index is 0.0187. The highest BCUT2D eigenvalue weighted by Gasteiger charge is 2.38. The van der Waals surface area contributed by atoms with E-state index in [1.54, 1.807) is 12.1 Å². The molecule has 1 aromatic heterocycles. The van der Waals surface area contributed by atoms with Crippen molar-refractivity contribution in [1.82, 2.24) is 15.1 Å². The molecule has 1 aliphatic carbocycles. The number of amides is 1. The summed E-state index contributed by atoms with van der Waals surface area (Å²) in [5.74, 6) is -4.52. The number of nitrogens with one attached hydrogen (secondary N) is 1. The molecular formula is C24H25F5N4O4. The normalized spacial score (nSPS) is 14.9. The summed E-state index contributed by atoms with van der Waals surface area (Å²) in [6.07, 6.45) is 0.649. The van der Waals surface area contributed by atoms with Crippen LogP contribution in [-0.4, -0.2) is 51.2 Å². The maximum atomic E-state index is 14.7. The molecule has 0 saturated heterocycles. The largest absolute Gasteiger partial charge is 0.490 e. The number of carbonyl (C=O) groups is 2. The second-order valence-electron chi connectivity index (χ2n) is 8.88. The molecule has 0 atom stereocenters. The highest BCUT2D eigenvalue weighted by molar-refractivity contribution is 6.04. The predicted octanol–water partition coefficient (Wildman–Crippen LogP) is 3.68. The van der Waals surface area contributed by atoms with Crippen LogP contribution in [0.4, 0.5) is 22.0 Å².